The van der Waals surface area contributed by atoms with Crippen molar-refractivity contribution in [1.29, 1.82) is 0 Å². The summed E-state index contributed by atoms with van der Waals surface area (Å²) >= 11 is 0. The highest BCUT2D eigenvalue weighted by Gasteiger charge is 2.08. The van der Waals surface area contributed by atoms with Gasteiger partial charge >= 0.3 is 0 Å². The molecule has 0 heterocycles. The number of aliphatic imine (C=N–C) groups is 1. The summed E-state index contributed by atoms with van der Waals surface area (Å²) in [5, 5.41) is 5.90. The van der Waals surface area contributed by atoms with E-state index in [1.54, 1.807) is 25.2 Å². The summed E-state index contributed by atoms with van der Waals surface area (Å²) in [5.41, 5.74) is 0.542. The summed E-state index contributed by atoms with van der Waals surface area (Å²) in [4.78, 5) is 3.99. The molecule has 0 bridgehead atoms. The van der Waals surface area contributed by atoms with E-state index in [-0.39, 0.29) is 48.3 Å². The van der Waals surface area contributed by atoms with Gasteiger partial charge in [-0.1, -0.05) is 24.3 Å². The summed E-state index contributed by atoms with van der Waals surface area (Å²) in [7, 11) is 1.57. The molecular formula is C17H19F3IN3. The van der Waals surface area contributed by atoms with Crippen LogP contribution in [0.4, 0.5) is 13.2 Å². The van der Waals surface area contributed by atoms with Crippen LogP contribution < -0.4 is 10.6 Å². The van der Waals surface area contributed by atoms with E-state index in [9.17, 15) is 13.2 Å². The molecule has 3 nitrogen and oxygen atoms in total. The molecule has 0 amide bonds. The fourth-order valence-electron chi connectivity index (χ4n) is 2.12. The van der Waals surface area contributed by atoms with Gasteiger partial charge in [-0.25, -0.2) is 13.2 Å². The highest BCUT2D eigenvalue weighted by atomic mass is 127. The van der Waals surface area contributed by atoms with Crippen LogP contribution in [0.2, 0.25) is 0 Å². The molecule has 24 heavy (non-hydrogen) atoms. The number of nitrogens with one attached hydrogen (secondary N) is 2. The molecule has 0 saturated carbocycles. The van der Waals surface area contributed by atoms with Gasteiger partial charge in [0.25, 0.3) is 0 Å². The van der Waals surface area contributed by atoms with Crippen LogP contribution in [0.1, 0.15) is 11.1 Å². The van der Waals surface area contributed by atoms with Crippen LogP contribution in [0.15, 0.2) is 47.5 Å². The molecule has 0 spiro atoms. The van der Waals surface area contributed by atoms with Crippen molar-refractivity contribution in [3.05, 3.63) is 71.0 Å². The smallest absolute Gasteiger partial charge is 0.191 e. The molecule has 0 aliphatic heterocycles. The van der Waals surface area contributed by atoms with Crippen LogP contribution in [0.25, 0.3) is 0 Å². The fraction of sp³-hybridized carbons (Fsp3) is 0.235. The van der Waals surface area contributed by atoms with Crippen molar-refractivity contribution in [2.24, 2.45) is 4.99 Å². The van der Waals surface area contributed by atoms with E-state index >= 15 is 0 Å². The van der Waals surface area contributed by atoms with Gasteiger partial charge in [-0.05, 0) is 24.6 Å². The Balaban J connectivity index is 0.00000288. The van der Waals surface area contributed by atoms with Crippen LogP contribution >= 0.6 is 24.0 Å². The molecule has 130 valence electrons. The standard InChI is InChI=1S/C17H18F3N3.HI/c1-21-17(23-11-12-5-2-3-6-14(12)18)22-10-9-13-15(19)7-4-8-16(13)20;/h2-8H,9-11H2,1H3,(H2,21,22,23);1H. The molecule has 0 radical (unpaired) electrons. The summed E-state index contributed by atoms with van der Waals surface area (Å²) in [6.45, 7) is 0.565. The van der Waals surface area contributed by atoms with Crippen LogP contribution in [0.5, 0.6) is 0 Å². The summed E-state index contributed by atoms with van der Waals surface area (Å²) in [6.07, 6.45) is 0.179. The number of guanidine groups is 1. The topological polar surface area (TPSA) is 36.4 Å². The molecule has 0 aromatic heterocycles. The number of benzene rings is 2. The van der Waals surface area contributed by atoms with E-state index in [1.165, 1.54) is 24.3 Å². The number of halogens is 4. The second-order valence-electron chi connectivity index (χ2n) is 4.89. The molecule has 0 aliphatic rings. The maximum Gasteiger partial charge on any atom is 0.191 e. The molecule has 2 rings (SSSR count). The average molecular weight is 449 g/mol. The summed E-state index contributed by atoms with van der Waals surface area (Å²) in [5.74, 6) is -1.00. The van der Waals surface area contributed by atoms with E-state index in [2.05, 4.69) is 15.6 Å². The number of rotatable bonds is 5. The maximum absolute atomic E-state index is 13.5. The summed E-state index contributed by atoms with van der Waals surface area (Å²) < 4.78 is 40.6. The highest BCUT2D eigenvalue weighted by molar-refractivity contribution is 14.0. The minimum absolute atomic E-state index is 0. The lowest BCUT2D eigenvalue weighted by Gasteiger charge is -2.12. The normalized spacial score (nSPS) is 10.9. The van der Waals surface area contributed by atoms with Crippen LogP contribution in [0, 0.1) is 17.5 Å². The Morgan fingerprint density at radius 1 is 0.917 bits per heavy atom. The van der Waals surface area contributed by atoms with Gasteiger partial charge in [0.2, 0.25) is 0 Å². The number of hydrogen-bond acceptors (Lipinski definition) is 1. The van der Waals surface area contributed by atoms with E-state index in [4.69, 9.17) is 0 Å². The second kappa shape index (κ2) is 10.2. The zero-order valence-electron chi connectivity index (χ0n) is 13.2. The molecular weight excluding hydrogens is 430 g/mol. The van der Waals surface area contributed by atoms with Gasteiger partial charge in [-0.2, -0.15) is 0 Å². The monoisotopic (exact) mass is 449 g/mol. The zero-order valence-corrected chi connectivity index (χ0v) is 15.5. The molecule has 0 atom stereocenters. The third kappa shape index (κ3) is 5.70. The van der Waals surface area contributed by atoms with Crippen LogP contribution in [0.3, 0.4) is 0 Å². The lowest BCUT2D eigenvalue weighted by molar-refractivity contribution is 0.552. The molecule has 0 saturated heterocycles. The first-order chi connectivity index (χ1) is 11.1. The predicted molar refractivity (Wildman–Crippen MR) is 100 cm³/mol. The second-order valence-corrected chi connectivity index (χ2v) is 4.89. The van der Waals surface area contributed by atoms with Crippen LogP contribution in [-0.4, -0.2) is 19.6 Å². The Labute approximate surface area is 156 Å². The molecule has 0 unspecified atom stereocenters. The molecule has 0 aliphatic carbocycles. The summed E-state index contributed by atoms with van der Waals surface area (Å²) in [6, 6.07) is 10.2. The highest BCUT2D eigenvalue weighted by Crippen LogP contribution is 2.12. The zero-order chi connectivity index (χ0) is 16.7. The molecule has 7 heteroatoms. The lowest BCUT2D eigenvalue weighted by atomic mass is 10.1. The van der Waals surface area contributed by atoms with E-state index in [1.807, 2.05) is 0 Å². The number of nitrogens with zero attached hydrogens (tertiary/aromatic N) is 1. The Kier molecular flexibility index (Phi) is 8.59. The predicted octanol–water partition coefficient (Wildman–Crippen LogP) is 3.63. The Morgan fingerprint density at radius 3 is 2.17 bits per heavy atom. The van der Waals surface area contributed by atoms with E-state index < -0.39 is 11.6 Å². The van der Waals surface area contributed by atoms with E-state index in [0.717, 1.165) is 0 Å². The van der Waals surface area contributed by atoms with Gasteiger partial charge < -0.3 is 10.6 Å². The van der Waals surface area contributed by atoms with Crippen molar-refractivity contribution < 1.29 is 13.2 Å². The van der Waals surface area contributed by atoms with Crippen LogP contribution in [-0.2, 0) is 13.0 Å². The van der Waals surface area contributed by atoms with Gasteiger partial charge in [0, 0.05) is 31.3 Å². The van der Waals surface area contributed by atoms with Gasteiger partial charge in [-0.15, -0.1) is 24.0 Å². The third-order valence-electron chi connectivity index (χ3n) is 3.36. The average Bonchev–Trinajstić information content (AvgIpc) is 2.54. The Bertz CT molecular complexity index is 672. The Hall–Kier alpha value is -1.77. The molecule has 0 fully saturated rings. The molecule has 2 aromatic rings. The largest absolute Gasteiger partial charge is 0.356 e. The Morgan fingerprint density at radius 2 is 1.54 bits per heavy atom. The number of hydrogen-bond donors (Lipinski definition) is 2. The quantitative estimate of drug-likeness (QED) is 0.416. The van der Waals surface area contributed by atoms with Crippen molar-refractivity contribution >= 4 is 29.9 Å². The van der Waals surface area contributed by atoms with Crippen molar-refractivity contribution in [2.45, 2.75) is 13.0 Å². The third-order valence-corrected chi connectivity index (χ3v) is 3.36. The minimum Gasteiger partial charge on any atom is -0.356 e. The van der Waals surface area contributed by atoms with Crippen molar-refractivity contribution in [2.75, 3.05) is 13.6 Å². The molecule has 2 aromatic carbocycles. The fourth-order valence-corrected chi connectivity index (χ4v) is 2.12. The first kappa shape index (κ1) is 20.3. The minimum atomic E-state index is -0.568. The lowest BCUT2D eigenvalue weighted by Crippen LogP contribution is -2.38. The van der Waals surface area contributed by atoms with Crippen molar-refractivity contribution in [1.82, 2.24) is 10.6 Å². The maximum atomic E-state index is 13.5. The van der Waals surface area contributed by atoms with Crippen molar-refractivity contribution in [3.63, 3.8) is 0 Å². The first-order valence-electron chi connectivity index (χ1n) is 7.22. The van der Waals surface area contributed by atoms with Gasteiger partial charge in [0.15, 0.2) is 5.96 Å². The SMILES string of the molecule is CN=C(NCCc1c(F)cccc1F)NCc1ccccc1F.I. The van der Waals surface area contributed by atoms with Gasteiger partial charge in [-0.3, -0.25) is 4.99 Å². The van der Waals surface area contributed by atoms with E-state index in [0.29, 0.717) is 18.1 Å². The van der Waals surface area contributed by atoms with Crippen molar-refractivity contribution in [3.8, 4) is 0 Å². The molecule has 2 N–H and O–H groups in total. The van der Waals surface area contributed by atoms with Gasteiger partial charge in [0.05, 0.1) is 0 Å². The first-order valence-corrected chi connectivity index (χ1v) is 7.22. The van der Waals surface area contributed by atoms with Gasteiger partial charge in [0.1, 0.15) is 17.5 Å².